The van der Waals surface area contributed by atoms with Crippen LogP contribution in [0.3, 0.4) is 0 Å². The molecule has 1 aromatic carbocycles. The summed E-state index contributed by atoms with van der Waals surface area (Å²) < 4.78 is 1.23. The first-order chi connectivity index (χ1) is 9.49. The summed E-state index contributed by atoms with van der Waals surface area (Å²) in [5.74, 6) is -0.0144. The first-order valence-electron chi connectivity index (χ1n) is 6.52. The summed E-state index contributed by atoms with van der Waals surface area (Å²) in [6, 6.07) is 3.23. The zero-order chi connectivity index (χ0) is 14.4. The molecule has 2 fully saturated rings. The topological polar surface area (TPSA) is 66.4 Å². The summed E-state index contributed by atoms with van der Waals surface area (Å²) >= 11 is 6.57. The highest BCUT2D eigenvalue weighted by atomic mass is 79.9. The molecular weight excluding hydrogens is 390 g/mol. The molecule has 4 nitrogen and oxygen atoms in total. The molecule has 6 heteroatoms. The van der Waals surface area contributed by atoms with Crippen LogP contribution >= 0.6 is 31.9 Å². The lowest BCUT2D eigenvalue weighted by Gasteiger charge is -2.12. The molecule has 106 valence electrons. The Hall–Kier alpha value is -0.880. The second-order valence-electron chi connectivity index (χ2n) is 5.39. The molecule has 0 saturated heterocycles. The van der Waals surface area contributed by atoms with Gasteiger partial charge in [-0.3, -0.25) is 4.79 Å². The van der Waals surface area contributed by atoms with Gasteiger partial charge in [0.15, 0.2) is 0 Å². The van der Waals surface area contributed by atoms with Gasteiger partial charge in [-0.25, -0.2) is 4.79 Å². The number of aromatic carboxylic acids is 1. The third-order valence-electron chi connectivity index (χ3n) is 4.24. The number of carbonyl (C=O) groups excluding carboxylic acids is 1. The van der Waals surface area contributed by atoms with Crippen molar-refractivity contribution in [3.63, 3.8) is 0 Å². The molecule has 0 aliphatic heterocycles. The maximum Gasteiger partial charge on any atom is 0.337 e. The van der Waals surface area contributed by atoms with Crippen LogP contribution < -0.4 is 5.32 Å². The lowest BCUT2D eigenvalue weighted by Crippen LogP contribution is -2.19. The molecule has 1 aromatic rings. The van der Waals surface area contributed by atoms with E-state index < -0.39 is 5.97 Å². The van der Waals surface area contributed by atoms with E-state index >= 15 is 0 Å². The minimum Gasteiger partial charge on any atom is -0.478 e. The predicted molar refractivity (Wildman–Crippen MR) is 81.8 cm³/mol. The van der Waals surface area contributed by atoms with Crippen molar-refractivity contribution >= 4 is 49.4 Å². The summed E-state index contributed by atoms with van der Waals surface area (Å²) in [6.45, 7) is 0. The number of benzene rings is 1. The van der Waals surface area contributed by atoms with Crippen molar-refractivity contribution in [2.24, 2.45) is 17.8 Å². The van der Waals surface area contributed by atoms with Gasteiger partial charge in [0.05, 0.1) is 11.3 Å². The number of halogens is 2. The van der Waals surface area contributed by atoms with Crippen molar-refractivity contribution in [3.05, 3.63) is 26.6 Å². The van der Waals surface area contributed by atoms with Crippen molar-refractivity contribution in [2.45, 2.75) is 19.3 Å². The molecule has 2 aliphatic rings. The van der Waals surface area contributed by atoms with Crippen molar-refractivity contribution in [1.82, 2.24) is 0 Å². The van der Waals surface area contributed by atoms with Crippen molar-refractivity contribution in [1.29, 1.82) is 0 Å². The Labute approximate surface area is 133 Å². The minimum atomic E-state index is -1.06. The van der Waals surface area contributed by atoms with E-state index in [1.54, 1.807) is 6.07 Å². The monoisotopic (exact) mass is 401 g/mol. The maximum atomic E-state index is 12.3. The van der Waals surface area contributed by atoms with Crippen molar-refractivity contribution < 1.29 is 14.7 Å². The Morgan fingerprint density at radius 3 is 2.45 bits per heavy atom. The van der Waals surface area contributed by atoms with Crippen molar-refractivity contribution in [2.75, 3.05) is 5.32 Å². The number of carboxylic acids is 1. The number of fused-ring (bicyclic) bond motifs is 1. The number of carboxylic acid groups (broad SMARTS) is 1. The molecule has 3 rings (SSSR count). The fourth-order valence-corrected chi connectivity index (χ4v) is 4.61. The molecule has 2 atom stereocenters. The first-order valence-corrected chi connectivity index (χ1v) is 8.11. The molecule has 2 saturated carbocycles. The van der Waals surface area contributed by atoms with Gasteiger partial charge >= 0.3 is 5.97 Å². The summed E-state index contributed by atoms with van der Waals surface area (Å²) in [4.78, 5) is 23.6. The van der Waals surface area contributed by atoms with Gasteiger partial charge in [0, 0.05) is 14.9 Å². The Kier molecular flexibility index (Phi) is 3.62. The smallest absolute Gasteiger partial charge is 0.337 e. The molecule has 1 amide bonds. The van der Waals surface area contributed by atoms with Crippen LogP contribution in [0, 0.1) is 17.8 Å². The van der Waals surface area contributed by atoms with Crippen LogP contribution in [-0.4, -0.2) is 17.0 Å². The molecule has 2 N–H and O–H groups in total. The van der Waals surface area contributed by atoms with Gasteiger partial charge in [-0.15, -0.1) is 0 Å². The number of rotatable bonds is 3. The molecule has 0 radical (unpaired) electrons. The molecule has 2 aliphatic carbocycles. The molecule has 0 spiro atoms. The van der Waals surface area contributed by atoms with Gasteiger partial charge in [0.2, 0.25) is 5.91 Å². The molecule has 0 heterocycles. The third-order valence-corrected chi connectivity index (χ3v) is 5.33. The average Bonchev–Trinajstić information content (AvgIpc) is 2.86. The largest absolute Gasteiger partial charge is 0.478 e. The maximum absolute atomic E-state index is 12.3. The van der Waals surface area contributed by atoms with E-state index in [0.29, 0.717) is 26.5 Å². The predicted octanol–water partition coefficient (Wildman–Crippen LogP) is 3.89. The zero-order valence-corrected chi connectivity index (χ0v) is 13.7. The molecule has 20 heavy (non-hydrogen) atoms. The highest BCUT2D eigenvalue weighted by molar-refractivity contribution is 9.11. The summed E-state index contributed by atoms with van der Waals surface area (Å²) in [5, 5.41) is 12.0. The highest BCUT2D eigenvalue weighted by Gasteiger charge is 2.56. The van der Waals surface area contributed by atoms with Crippen LogP contribution in [0.25, 0.3) is 0 Å². The van der Waals surface area contributed by atoms with E-state index in [0.717, 1.165) is 12.8 Å². The van der Waals surface area contributed by atoms with Gasteiger partial charge in [-0.2, -0.15) is 0 Å². The van der Waals surface area contributed by atoms with Gasteiger partial charge < -0.3 is 10.4 Å². The normalized spacial score (nSPS) is 27.0. The first kappa shape index (κ1) is 14.1. The number of hydrogen-bond donors (Lipinski definition) is 2. The Bertz CT molecular complexity index is 592. The van der Waals surface area contributed by atoms with E-state index in [1.807, 2.05) is 0 Å². The molecular formula is C14H13Br2NO3. The highest BCUT2D eigenvalue weighted by Crippen LogP contribution is 2.57. The fourth-order valence-electron chi connectivity index (χ4n) is 3.29. The van der Waals surface area contributed by atoms with E-state index in [4.69, 9.17) is 0 Å². The van der Waals surface area contributed by atoms with E-state index in [2.05, 4.69) is 37.2 Å². The number of nitrogens with one attached hydrogen (secondary N) is 1. The Morgan fingerprint density at radius 2 is 1.85 bits per heavy atom. The van der Waals surface area contributed by atoms with E-state index in [1.165, 1.54) is 12.5 Å². The lowest BCUT2D eigenvalue weighted by atomic mass is 10.1. The van der Waals surface area contributed by atoms with E-state index in [9.17, 15) is 14.7 Å². The Balaban J connectivity index is 1.83. The van der Waals surface area contributed by atoms with Crippen LogP contribution in [-0.2, 0) is 4.79 Å². The third kappa shape index (κ3) is 2.39. The second kappa shape index (κ2) is 5.15. The quantitative estimate of drug-likeness (QED) is 0.805. The molecule has 2 unspecified atom stereocenters. The number of anilines is 1. The van der Waals surface area contributed by atoms with Gasteiger partial charge in [0.1, 0.15) is 0 Å². The molecule has 0 bridgehead atoms. The lowest BCUT2D eigenvalue weighted by molar-refractivity contribution is -0.118. The van der Waals surface area contributed by atoms with Crippen LogP contribution in [0.5, 0.6) is 0 Å². The minimum absolute atomic E-state index is 0.0507. The zero-order valence-electron chi connectivity index (χ0n) is 10.5. The summed E-state index contributed by atoms with van der Waals surface area (Å²) in [5.41, 5.74) is 0.432. The summed E-state index contributed by atoms with van der Waals surface area (Å²) in [6.07, 6.45) is 3.45. The van der Waals surface area contributed by atoms with E-state index in [-0.39, 0.29) is 17.4 Å². The van der Waals surface area contributed by atoms with Crippen LogP contribution in [0.2, 0.25) is 0 Å². The Morgan fingerprint density at radius 1 is 1.20 bits per heavy atom. The van der Waals surface area contributed by atoms with Gasteiger partial charge in [-0.1, -0.05) is 22.4 Å². The molecule has 0 aromatic heterocycles. The number of amides is 1. The van der Waals surface area contributed by atoms with Crippen LogP contribution in [0.4, 0.5) is 5.69 Å². The van der Waals surface area contributed by atoms with Crippen LogP contribution in [0.1, 0.15) is 29.6 Å². The SMILES string of the molecule is O=C(O)c1cc(Br)cc(Br)c1NC(=O)C1C2CCCC21. The van der Waals surface area contributed by atoms with Gasteiger partial charge in [0.25, 0.3) is 0 Å². The van der Waals surface area contributed by atoms with Gasteiger partial charge in [-0.05, 0) is 52.7 Å². The number of carbonyl (C=O) groups is 2. The van der Waals surface area contributed by atoms with Crippen LogP contribution in [0.15, 0.2) is 21.1 Å². The second-order valence-corrected chi connectivity index (χ2v) is 7.16. The summed E-state index contributed by atoms with van der Waals surface area (Å²) in [7, 11) is 0. The standard InChI is InChI=1S/C14H13Br2NO3/c15-6-4-9(14(19)20)12(10(16)5-6)17-13(18)11-7-2-1-3-8(7)11/h4-5,7-8,11H,1-3H2,(H,17,18)(H,19,20). The number of hydrogen-bond acceptors (Lipinski definition) is 2. The van der Waals surface area contributed by atoms with Crippen molar-refractivity contribution in [3.8, 4) is 0 Å². The average molecular weight is 403 g/mol. The fraction of sp³-hybridized carbons (Fsp3) is 0.429.